The van der Waals surface area contributed by atoms with Crippen LogP contribution in [0, 0.1) is 0 Å². The van der Waals surface area contributed by atoms with Gasteiger partial charge in [-0.05, 0) is 18.9 Å². The van der Waals surface area contributed by atoms with Crippen molar-refractivity contribution in [3.05, 3.63) is 11.8 Å². The molecule has 1 fully saturated rings. The summed E-state index contributed by atoms with van der Waals surface area (Å²) in [6.07, 6.45) is 6.13. The van der Waals surface area contributed by atoms with E-state index >= 15 is 0 Å². The second kappa shape index (κ2) is 4.77. The molecule has 17 heavy (non-hydrogen) atoms. The molecule has 0 aromatic rings. The summed E-state index contributed by atoms with van der Waals surface area (Å²) in [6, 6.07) is 0. The highest BCUT2D eigenvalue weighted by Gasteiger charge is 2.41. The summed E-state index contributed by atoms with van der Waals surface area (Å²) in [5.74, 6) is -1.08. The van der Waals surface area contributed by atoms with Crippen LogP contribution in [-0.4, -0.2) is 29.1 Å². The Morgan fingerprint density at radius 2 is 2.00 bits per heavy atom. The summed E-state index contributed by atoms with van der Waals surface area (Å²) in [5.41, 5.74) is -1.10. The van der Waals surface area contributed by atoms with Crippen molar-refractivity contribution < 1.29 is 19.4 Å². The molecule has 0 unspecified atom stereocenters. The van der Waals surface area contributed by atoms with E-state index < -0.39 is 17.4 Å². The van der Waals surface area contributed by atoms with Gasteiger partial charge >= 0.3 is 5.97 Å². The predicted octanol–water partition coefficient (Wildman–Crippen LogP) is 1.19. The van der Waals surface area contributed by atoms with Crippen LogP contribution in [0.25, 0.3) is 0 Å². The van der Waals surface area contributed by atoms with Crippen molar-refractivity contribution in [1.82, 2.24) is 5.32 Å². The molecule has 1 saturated carbocycles. The Morgan fingerprint density at radius 3 is 2.53 bits per heavy atom. The molecular weight excluding hydrogens is 222 g/mol. The topological polar surface area (TPSA) is 75.6 Å². The number of amides is 1. The van der Waals surface area contributed by atoms with Crippen molar-refractivity contribution in [2.75, 3.05) is 6.61 Å². The summed E-state index contributed by atoms with van der Waals surface area (Å²) < 4.78 is 5.14. The fraction of sp³-hybridized carbons (Fsp3) is 0.667. The Kier molecular flexibility index (Phi) is 3.36. The molecular formula is C12H17NO4. The van der Waals surface area contributed by atoms with Gasteiger partial charge in [0.25, 0.3) is 5.91 Å². The number of carbonyl (C=O) groups is 2. The van der Waals surface area contributed by atoms with Crippen LogP contribution in [0.3, 0.4) is 0 Å². The van der Waals surface area contributed by atoms with Crippen LogP contribution in [0.4, 0.5) is 0 Å². The van der Waals surface area contributed by atoms with Crippen molar-refractivity contribution >= 4 is 11.9 Å². The van der Waals surface area contributed by atoms with E-state index in [2.05, 4.69) is 5.32 Å². The van der Waals surface area contributed by atoms with Crippen LogP contribution >= 0.6 is 0 Å². The molecule has 94 valence electrons. The lowest BCUT2D eigenvalue weighted by Crippen LogP contribution is -2.55. The summed E-state index contributed by atoms with van der Waals surface area (Å²) >= 11 is 0. The third-order valence-electron chi connectivity index (χ3n) is 3.40. The maximum atomic E-state index is 11.9. The number of rotatable bonds is 3. The van der Waals surface area contributed by atoms with Gasteiger partial charge in [-0.25, -0.2) is 4.79 Å². The van der Waals surface area contributed by atoms with Crippen molar-refractivity contribution in [2.45, 2.75) is 44.1 Å². The van der Waals surface area contributed by atoms with Gasteiger partial charge in [0.1, 0.15) is 5.54 Å². The number of carboxylic acids is 1. The van der Waals surface area contributed by atoms with Crippen LogP contribution in [0.2, 0.25) is 0 Å². The number of carbonyl (C=O) groups excluding carboxylic acids is 1. The zero-order chi connectivity index (χ0) is 12.3. The fourth-order valence-corrected chi connectivity index (χ4v) is 2.40. The minimum atomic E-state index is -1.10. The van der Waals surface area contributed by atoms with E-state index in [0.717, 1.165) is 19.3 Å². The second-order valence-electron chi connectivity index (χ2n) is 4.61. The van der Waals surface area contributed by atoms with Gasteiger partial charge in [-0.15, -0.1) is 0 Å². The number of hydrogen-bond acceptors (Lipinski definition) is 3. The van der Waals surface area contributed by atoms with Gasteiger partial charge in [-0.2, -0.15) is 0 Å². The quantitative estimate of drug-likeness (QED) is 0.775. The van der Waals surface area contributed by atoms with Gasteiger partial charge in [-0.1, -0.05) is 19.3 Å². The number of nitrogens with one attached hydrogen (secondary N) is 1. The number of carboxylic acid groups (broad SMARTS) is 1. The van der Waals surface area contributed by atoms with Crippen molar-refractivity contribution in [3.8, 4) is 0 Å². The summed E-state index contributed by atoms with van der Waals surface area (Å²) in [4.78, 5) is 23.2. The van der Waals surface area contributed by atoms with Gasteiger partial charge in [0.15, 0.2) is 5.76 Å². The van der Waals surface area contributed by atoms with E-state index in [0.29, 0.717) is 25.9 Å². The van der Waals surface area contributed by atoms with Crippen molar-refractivity contribution in [3.63, 3.8) is 0 Å². The van der Waals surface area contributed by atoms with Crippen LogP contribution in [0.1, 0.15) is 38.5 Å². The SMILES string of the molecule is O=C(NC1(C(=O)O)CCCCC1)C1=CCCO1. The first-order chi connectivity index (χ1) is 8.14. The van der Waals surface area contributed by atoms with Gasteiger partial charge in [-0.3, -0.25) is 4.79 Å². The third-order valence-corrected chi connectivity index (χ3v) is 3.40. The first kappa shape index (κ1) is 12.0. The number of aliphatic carboxylic acids is 1. The van der Waals surface area contributed by atoms with E-state index in [9.17, 15) is 14.7 Å². The summed E-state index contributed by atoms with van der Waals surface area (Å²) in [6.45, 7) is 0.503. The van der Waals surface area contributed by atoms with E-state index in [4.69, 9.17) is 4.74 Å². The minimum Gasteiger partial charge on any atom is -0.488 e. The van der Waals surface area contributed by atoms with E-state index in [1.807, 2.05) is 0 Å². The lowest BCUT2D eigenvalue weighted by atomic mass is 9.81. The predicted molar refractivity (Wildman–Crippen MR) is 60.2 cm³/mol. The highest BCUT2D eigenvalue weighted by atomic mass is 16.5. The Labute approximate surface area is 99.8 Å². The zero-order valence-corrected chi connectivity index (χ0v) is 9.70. The van der Waals surface area contributed by atoms with Crippen molar-refractivity contribution in [1.29, 1.82) is 0 Å². The second-order valence-corrected chi connectivity index (χ2v) is 4.61. The lowest BCUT2D eigenvalue weighted by molar-refractivity contribution is -0.149. The smallest absolute Gasteiger partial charge is 0.329 e. The summed E-state index contributed by atoms with van der Waals surface area (Å²) in [7, 11) is 0. The highest BCUT2D eigenvalue weighted by molar-refractivity contribution is 5.96. The molecule has 1 aliphatic heterocycles. The average molecular weight is 239 g/mol. The molecule has 1 aliphatic carbocycles. The van der Waals surface area contributed by atoms with Crippen molar-refractivity contribution in [2.24, 2.45) is 0 Å². The molecule has 0 aromatic carbocycles. The Hall–Kier alpha value is -1.52. The Morgan fingerprint density at radius 1 is 1.29 bits per heavy atom. The van der Waals surface area contributed by atoms with Gasteiger partial charge < -0.3 is 15.2 Å². The van der Waals surface area contributed by atoms with E-state index in [1.54, 1.807) is 6.08 Å². The lowest BCUT2D eigenvalue weighted by Gasteiger charge is -2.33. The molecule has 2 aliphatic rings. The van der Waals surface area contributed by atoms with Gasteiger partial charge in [0.2, 0.25) is 0 Å². The maximum absolute atomic E-state index is 11.9. The number of ether oxygens (including phenoxy) is 1. The van der Waals surface area contributed by atoms with Crippen LogP contribution in [-0.2, 0) is 14.3 Å². The van der Waals surface area contributed by atoms with Gasteiger partial charge in [0.05, 0.1) is 6.61 Å². The molecule has 5 nitrogen and oxygen atoms in total. The Bertz CT molecular complexity index is 356. The Balaban J connectivity index is 2.07. The monoisotopic (exact) mass is 239 g/mol. The molecule has 1 heterocycles. The fourth-order valence-electron chi connectivity index (χ4n) is 2.40. The van der Waals surface area contributed by atoms with Gasteiger partial charge in [0, 0.05) is 6.42 Å². The molecule has 0 saturated heterocycles. The molecule has 0 atom stereocenters. The van der Waals surface area contributed by atoms with E-state index in [-0.39, 0.29) is 5.76 Å². The van der Waals surface area contributed by atoms with Crippen LogP contribution < -0.4 is 5.32 Å². The standard InChI is InChI=1S/C12H17NO4/c14-10(9-5-4-8-17-9)13-12(11(15)16)6-2-1-3-7-12/h5H,1-4,6-8H2,(H,13,14)(H,15,16). The molecule has 2 N–H and O–H groups in total. The maximum Gasteiger partial charge on any atom is 0.329 e. The van der Waals surface area contributed by atoms with Crippen LogP contribution in [0.5, 0.6) is 0 Å². The molecule has 0 bridgehead atoms. The highest BCUT2D eigenvalue weighted by Crippen LogP contribution is 2.29. The largest absolute Gasteiger partial charge is 0.488 e. The first-order valence-electron chi connectivity index (χ1n) is 6.03. The van der Waals surface area contributed by atoms with E-state index in [1.165, 1.54) is 0 Å². The average Bonchev–Trinajstić information content (AvgIpc) is 2.83. The molecule has 5 heteroatoms. The zero-order valence-electron chi connectivity index (χ0n) is 9.70. The molecule has 0 spiro atoms. The normalized spacial score (nSPS) is 22.5. The molecule has 1 amide bonds. The summed E-state index contributed by atoms with van der Waals surface area (Å²) in [5, 5.41) is 11.9. The molecule has 2 rings (SSSR count). The number of hydrogen-bond donors (Lipinski definition) is 2. The molecule has 0 aromatic heterocycles. The first-order valence-corrected chi connectivity index (χ1v) is 6.03. The van der Waals surface area contributed by atoms with Crippen LogP contribution in [0.15, 0.2) is 11.8 Å². The molecule has 0 radical (unpaired) electrons. The third kappa shape index (κ3) is 2.43. The minimum absolute atomic E-state index is 0.260.